The van der Waals surface area contributed by atoms with E-state index in [1.807, 2.05) is 43.9 Å². The summed E-state index contributed by atoms with van der Waals surface area (Å²) in [6, 6.07) is 5.50. The van der Waals surface area contributed by atoms with Gasteiger partial charge in [-0.1, -0.05) is 38.6 Å². The molecule has 0 aliphatic carbocycles. The van der Waals surface area contributed by atoms with E-state index in [1.54, 1.807) is 0 Å². The molecule has 2 saturated heterocycles. The van der Waals surface area contributed by atoms with Crippen molar-refractivity contribution in [2.24, 2.45) is 10.4 Å². The van der Waals surface area contributed by atoms with E-state index in [-0.39, 0.29) is 35.5 Å². The van der Waals surface area contributed by atoms with Crippen molar-refractivity contribution in [2.45, 2.75) is 38.6 Å². The van der Waals surface area contributed by atoms with Crippen molar-refractivity contribution in [1.29, 1.82) is 0 Å². The van der Waals surface area contributed by atoms with Gasteiger partial charge in [0.05, 0.1) is 17.5 Å². The molecule has 7 nitrogen and oxygen atoms in total. The molecule has 3 heterocycles. The summed E-state index contributed by atoms with van der Waals surface area (Å²) in [6.07, 6.45) is 0. The van der Waals surface area contributed by atoms with E-state index in [4.69, 9.17) is 9.47 Å². The molecule has 27 heavy (non-hydrogen) atoms. The molecule has 0 unspecified atom stereocenters. The number of hydrogen-bond donors (Lipinski definition) is 0. The summed E-state index contributed by atoms with van der Waals surface area (Å²) in [5, 5.41) is 0.521. The van der Waals surface area contributed by atoms with Crippen molar-refractivity contribution < 1.29 is 22.7 Å². The summed E-state index contributed by atoms with van der Waals surface area (Å²) in [6.45, 7) is 6.15. The van der Waals surface area contributed by atoms with Gasteiger partial charge in [0.1, 0.15) is 0 Å². The lowest BCUT2D eigenvalue weighted by Crippen LogP contribution is -2.37. The van der Waals surface area contributed by atoms with Gasteiger partial charge in [0.25, 0.3) is 5.91 Å². The zero-order valence-corrected chi connectivity index (χ0v) is 17.1. The Labute approximate surface area is 163 Å². The first kappa shape index (κ1) is 18.6. The number of amides is 1. The van der Waals surface area contributed by atoms with Crippen molar-refractivity contribution >= 4 is 32.7 Å². The minimum atomic E-state index is -3.07. The summed E-state index contributed by atoms with van der Waals surface area (Å²) >= 11 is 1.40. The second kappa shape index (κ2) is 6.41. The van der Waals surface area contributed by atoms with Crippen LogP contribution in [0.1, 0.15) is 26.3 Å². The molecule has 0 saturated carbocycles. The maximum absolute atomic E-state index is 12.4. The average Bonchev–Trinajstić information content (AvgIpc) is 3.20. The molecule has 3 aliphatic rings. The lowest BCUT2D eigenvalue weighted by molar-refractivity contribution is -0.124. The molecule has 2 fully saturated rings. The Bertz CT molecular complexity index is 920. The predicted octanol–water partition coefficient (Wildman–Crippen LogP) is 2.06. The molecule has 0 radical (unpaired) electrons. The highest BCUT2D eigenvalue weighted by Gasteiger charge is 2.49. The van der Waals surface area contributed by atoms with Gasteiger partial charge in [-0.2, -0.15) is 4.99 Å². The monoisotopic (exact) mass is 410 g/mol. The Morgan fingerprint density at radius 2 is 2.00 bits per heavy atom. The first-order valence-electron chi connectivity index (χ1n) is 8.78. The number of nitrogens with zero attached hydrogens (tertiary/aromatic N) is 2. The van der Waals surface area contributed by atoms with Crippen LogP contribution in [0.2, 0.25) is 0 Å². The minimum Gasteiger partial charge on any atom is -0.454 e. The fraction of sp³-hybridized carbons (Fsp3) is 0.556. The summed E-state index contributed by atoms with van der Waals surface area (Å²) in [4.78, 5) is 18.7. The fourth-order valence-electron chi connectivity index (χ4n) is 3.31. The number of aliphatic imine (C=N–C) groups is 1. The van der Waals surface area contributed by atoms with Crippen LogP contribution in [0, 0.1) is 5.41 Å². The first-order valence-corrected chi connectivity index (χ1v) is 11.5. The number of fused-ring (bicyclic) bond motifs is 2. The molecule has 0 bridgehead atoms. The van der Waals surface area contributed by atoms with Gasteiger partial charge in [0.15, 0.2) is 26.5 Å². The fourth-order valence-corrected chi connectivity index (χ4v) is 7.26. The number of carbonyl (C=O) groups excluding carboxylic acids is 1. The molecule has 146 valence electrons. The molecule has 9 heteroatoms. The van der Waals surface area contributed by atoms with Gasteiger partial charge in [-0.05, 0) is 17.7 Å². The van der Waals surface area contributed by atoms with Crippen LogP contribution in [0.25, 0.3) is 0 Å². The van der Waals surface area contributed by atoms with Crippen LogP contribution in [0.4, 0.5) is 0 Å². The Morgan fingerprint density at radius 3 is 2.74 bits per heavy atom. The van der Waals surface area contributed by atoms with Crippen LogP contribution >= 0.6 is 11.8 Å². The third-order valence-corrected chi connectivity index (χ3v) is 8.05. The molecule has 1 aromatic rings. The second-order valence-corrected chi connectivity index (χ2v) is 11.4. The first-order chi connectivity index (χ1) is 12.6. The number of rotatable bonds is 2. The van der Waals surface area contributed by atoms with Gasteiger partial charge < -0.3 is 14.4 Å². The van der Waals surface area contributed by atoms with Crippen molar-refractivity contribution in [2.75, 3.05) is 18.3 Å². The summed E-state index contributed by atoms with van der Waals surface area (Å²) in [7, 11) is -3.07. The minimum absolute atomic E-state index is 0.0875. The maximum atomic E-state index is 12.4. The Hall–Kier alpha value is -1.74. The largest absolute Gasteiger partial charge is 0.454 e. The van der Waals surface area contributed by atoms with Crippen LogP contribution in [-0.2, 0) is 21.2 Å². The molecule has 2 atom stereocenters. The van der Waals surface area contributed by atoms with Crippen molar-refractivity contribution in [3.05, 3.63) is 23.8 Å². The molecule has 0 spiro atoms. The van der Waals surface area contributed by atoms with E-state index in [1.165, 1.54) is 11.8 Å². The molecular weight excluding hydrogens is 388 g/mol. The van der Waals surface area contributed by atoms with Gasteiger partial charge in [-0.15, -0.1) is 0 Å². The van der Waals surface area contributed by atoms with E-state index in [0.29, 0.717) is 23.2 Å². The predicted molar refractivity (Wildman–Crippen MR) is 104 cm³/mol. The highest BCUT2D eigenvalue weighted by Crippen LogP contribution is 2.40. The van der Waals surface area contributed by atoms with E-state index in [9.17, 15) is 13.2 Å². The summed E-state index contributed by atoms with van der Waals surface area (Å²) in [5.41, 5.74) is 0.377. The Morgan fingerprint density at radius 1 is 1.26 bits per heavy atom. The third kappa shape index (κ3) is 3.67. The molecule has 1 aromatic carbocycles. The Balaban J connectivity index is 1.64. The van der Waals surface area contributed by atoms with Gasteiger partial charge in [-0.3, -0.25) is 4.79 Å². The maximum Gasteiger partial charge on any atom is 0.253 e. The molecule has 1 amide bonds. The van der Waals surface area contributed by atoms with Crippen molar-refractivity contribution in [1.82, 2.24) is 4.90 Å². The van der Waals surface area contributed by atoms with Gasteiger partial charge in [0.2, 0.25) is 6.79 Å². The van der Waals surface area contributed by atoms with Crippen LogP contribution in [0.5, 0.6) is 11.5 Å². The molecule has 0 N–H and O–H groups in total. The lowest BCUT2D eigenvalue weighted by atomic mass is 9.96. The summed E-state index contributed by atoms with van der Waals surface area (Å²) < 4.78 is 35.0. The number of benzene rings is 1. The topological polar surface area (TPSA) is 85.3 Å². The van der Waals surface area contributed by atoms with E-state index >= 15 is 0 Å². The molecule has 0 aromatic heterocycles. The van der Waals surface area contributed by atoms with Crippen LogP contribution in [0.3, 0.4) is 0 Å². The van der Waals surface area contributed by atoms with Gasteiger partial charge in [0, 0.05) is 17.2 Å². The second-order valence-electron chi connectivity index (χ2n) is 8.07. The third-order valence-electron chi connectivity index (χ3n) is 4.80. The average molecular weight is 411 g/mol. The SMILES string of the molecule is CC(C)(C)C(=O)N=C1S[C@H]2CS(=O)(=O)C[C@@H]2N1Cc1ccc2c(c1)OCO2. The molecule has 4 rings (SSSR count). The van der Waals surface area contributed by atoms with Crippen LogP contribution in [0.15, 0.2) is 23.2 Å². The summed E-state index contributed by atoms with van der Waals surface area (Å²) in [5.74, 6) is 1.40. The van der Waals surface area contributed by atoms with E-state index in [0.717, 1.165) is 5.56 Å². The molecule has 3 aliphatic heterocycles. The zero-order chi connectivity index (χ0) is 19.4. The van der Waals surface area contributed by atoms with E-state index in [2.05, 4.69) is 4.99 Å². The van der Waals surface area contributed by atoms with Gasteiger partial charge >= 0.3 is 0 Å². The Kier molecular flexibility index (Phi) is 4.42. The van der Waals surface area contributed by atoms with Crippen LogP contribution in [-0.4, -0.2) is 54.0 Å². The molecular formula is C18H22N2O5S2. The normalized spacial score (nSPS) is 27.2. The highest BCUT2D eigenvalue weighted by molar-refractivity contribution is 8.15. The number of sulfone groups is 1. The number of amidine groups is 1. The standard InChI is InChI=1S/C18H22N2O5S2/c1-18(2,3)16(21)19-17-20(12-8-27(22,23)9-15(12)26-17)7-11-4-5-13-14(6-11)25-10-24-13/h4-6,12,15H,7-10H2,1-3H3/t12-,15-/m0/s1. The number of hydrogen-bond acceptors (Lipinski definition) is 6. The van der Waals surface area contributed by atoms with Crippen molar-refractivity contribution in [3.8, 4) is 11.5 Å². The number of carbonyl (C=O) groups is 1. The zero-order valence-electron chi connectivity index (χ0n) is 15.5. The smallest absolute Gasteiger partial charge is 0.253 e. The lowest BCUT2D eigenvalue weighted by Gasteiger charge is -2.25. The van der Waals surface area contributed by atoms with Crippen molar-refractivity contribution in [3.63, 3.8) is 0 Å². The highest BCUT2D eigenvalue weighted by atomic mass is 32.2. The van der Waals surface area contributed by atoms with Crippen LogP contribution < -0.4 is 9.47 Å². The quantitative estimate of drug-likeness (QED) is 0.738. The number of thioether (sulfide) groups is 1. The van der Waals surface area contributed by atoms with Gasteiger partial charge in [-0.25, -0.2) is 8.42 Å². The van der Waals surface area contributed by atoms with E-state index < -0.39 is 15.3 Å². The number of ether oxygens (including phenoxy) is 2.